The van der Waals surface area contributed by atoms with Crippen LogP contribution < -0.4 is 20.1 Å². The van der Waals surface area contributed by atoms with Crippen LogP contribution in [0.25, 0.3) is 10.9 Å². The second kappa shape index (κ2) is 9.17. The highest BCUT2D eigenvalue weighted by Crippen LogP contribution is 2.28. The highest BCUT2D eigenvalue weighted by Gasteiger charge is 2.09. The number of anilines is 2. The lowest BCUT2D eigenvalue weighted by Gasteiger charge is -2.12. The van der Waals surface area contributed by atoms with Gasteiger partial charge in [0.15, 0.2) is 11.5 Å². The minimum absolute atomic E-state index is 0.555. The first-order valence-corrected chi connectivity index (χ1v) is 9.74. The molecule has 0 aliphatic rings. The molecular weight excluding hydrogens is 380 g/mol. The Morgan fingerprint density at radius 3 is 2.57 bits per heavy atom. The third kappa shape index (κ3) is 4.46. The molecule has 0 aliphatic heterocycles. The van der Waals surface area contributed by atoms with Gasteiger partial charge in [0.25, 0.3) is 0 Å². The van der Waals surface area contributed by atoms with E-state index in [4.69, 9.17) is 13.9 Å². The molecule has 0 saturated carbocycles. The van der Waals surface area contributed by atoms with Crippen LogP contribution in [0.15, 0.2) is 65.3 Å². The van der Waals surface area contributed by atoms with E-state index in [1.54, 1.807) is 20.5 Å². The zero-order chi connectivity index (χ0) is 20.8. The number of para-hydroxylation sites is 1. The first-order valence-electron chi connectivity index (χ1n) is 9.74. The minimum atomic E-state index is 0.555. The van der Waals surface area contributed by atoms with E-state index in [0.717, 1.165) is 46.0 Å². The number of hydrogen-bond acceptors (Lipinski definition) is 7. The summed E-state index contributed by atoms with van der Waals surface area (Å²) < 4.78 is 16.1. The van der Waals surface area contributed by atoms with Gasteiger partial charge in [0, 0.05) is 11.9 Å². The van der Waals surface area contributed by atoms with Crippen molar-refractivity contribution >= 4 is 22.7 Å². The quantitative estimate of drug-likeness (QED) is 0.425. The molecule has 2 aromatic heterocycles. The van der Waals surface area contributed by atoms with Crippen molar-refractivity contribution in [2.75, 3.05) is 31.4 Å². The summed E-state index contributed by atoms with van der Waals surface area (Å²) in [5, 5.41) is 7.65. The average molecular weight is 404 g/mol. The van der Waals surface area contributed by atoms with Crippen LogP contribution in [0.4, 0.5) is 11.8 Å². The van der Waals surface area contributed by atoms with Gasteiger partial charge in [0.2, 0.25) is 5.95 Å². The second-order valence-electron chi connectivity index (χ2n) is 6.71. The number of rotatable bonds is 9. The summed E-state index contributed by atoms with van der Waals surface area (Å²) in [4.78, 5) is 9.32. The Balaban J connectivity index is 1.47. The monoisotopic (exact) mass is 404 g/mol. The topological polar surface area (TPSA) is 81.4 Å². The Hall–Kier alpha value is -3.74. The lowest BCUT2D eigenvalue weighted by atomic mass is 10.1. The Morgan fingerprint density at radius 2 is 1.77 bits per heavy atom. The van der Waals surface area contributed by atoms with Crippen LogP contribution in [-0.2, 0) is 13.0 Å². The largest absolute Gasteiger partial charge is 0.493 e. The Kier molecular flexibility index (Phi) is 5.98. The molecule has 4 rings (SSSR count). The van der Waals surface area contributed by atoms with E-state index in [-0.39, 0.29) is 0 Å². The molecule has 2 heterocycles. The number of methoxy groups -OCH3 is 2. The van der Waals surface area contributed by atoms with Crippen LogP contribution >= 0.6 is 0 Å². The maximum absolute atomic E-state index is 5.41. The van der Waals surface area contributed by atoms with Crippen molar-refractivity contribution in [1.82, 2.24) is 9.97 Å². The molecule has 4 aromatic rings. The molecule has 0 aliphatic carbocycles. The first kappa shape index (κ1) is 19.6. The summed E-state index contributed by atoms with van der Waals surface area (Å²) in [5.74, 6) is 3.64. The van der Waals surface area contributed by atoms with Gasteiger partial charge in [0.1, 0.15) is 11.6 Å². The standard InChI is InChI=1S/C23H24N4O3/c1-28-20-10-9-16(14-21(20)29-2)11-12-24-23-26-19-8-4-3-7-18(19)22(27-23)25-15-17-6-5-13-30-17/h3-10,13-14H,11-12,15H2,1-2H3,(H2,24,25,26,27). The molecule has 0 spiro atoms. The molecule has 7 nitrogen and oxygen atoms in total. The molecule has 7 heteroatoms. The van der Waals surface area contributed by atoms with Crippen LogP contribution in [0.5, 0.6) is 11.5 Å². The normalized spacial score (nSPS) is 10.7. The predicted molar refractivity (Wildman–Crippen MR) is 117 cm³/mol. The maximum atomic E-state index is 5.41. The van der Waals surface area contributed by atoms with Crippen LogP contribution in [0.2, 0.25) is 0 Å². The van der Waals surface area contributed by atoms with Crippen LogP contribution in [-0.4, -0.2) is 30.7 Å². The summed E-state index contributed by atoms with van der Waals surface area (Å²) in [6.45, 7) is 1.24. The van der Waals surface area contributed by atoms with Crippen LogP contribution in [0.1, 0.15) is 11.3 Å². The van der Waals surface area contributed by atoms with Crippen molar-refractivity contribution in [3.63, 3.8) is 0 Å². The van der Waals surface area contributed by atoms with Gasteiger partial charge < -0.3 is 24.5 Å². The molecule has 0 unspecified atom stereocenters. The van der Waals surface area contributed by atoms with Crippen molar-refractivity contribution in [3.05, 3.63) is 72.2 Å². The Labute approximate surface area is 175 Å². The molecule has 154 valence electrons. The lowest BCUT2D eigenvalue weighted by Crippen LogP contribution is -2.10. The molecule has 0 amide bonds. The number of benzene rings is 2. The van der Waals surface area contributed by atoms with Gasteiger partial charge in [0.05, 0.1) is 32.5 Å². The van der Waals surface area contributed by atoms with Crippen LogP contribution in [0.3, 0.4) is 0 Å². The van der Waals surface area contributed by atoms with E-state index in [0.29, 0.717) is 19.0 Å². The van der Waals surface area contributed by atoms with Gasteiger partial charge >= 0.3 is 0 Å². The molecule has 0 bridgehead atoms. The van der Waals surface area contributed by atoms with Crippen molar-refractivity contribution in [1.29, 1.82) is 0 Å². The maximum Gasteiger partial charge on any atom is 0.225 e. The fraction of sp³-hybridized carbons (Fsp3) is 0.217. The summed E-state index contributed by atoms with van der Waals surface area (Å²) in [5.41, 5.74) is 2.01. The van der Waals surface area contributed by atoms with Crippen molar-refractivity contribution < 1.29 is 13.9 Å². The predicted octanol–water partition coefficient (Wildman–Crippen LogP) is 4.51. The fourth-order valence-electron chi connectivity index (χ4n) is 3.23. The van der Waals surface area contributed by atoms with Gasteiger partial charge in [-0.15, -0.1) is 0 Å². The number of furan rings is 1. The van der Waals surface area contributed by atoms with E-state index >= 15 is 0 Å². The van der Waals surface area contributed by atoms with E-state index in [2.05, 4.69) is 20.6 Å². The molecule has 0 fully saturated rings. The molecule has 0 radical (unpaired) electrons. The Bertz CT molecular complexity index is 1110. The zero-order valence-corrected chi connectivity index (χ0v) is 17.0. The van der Waals surface area contributed by atoms with Crippen LogP contribution in [0, 0.1) is 0 Å². The molecule has 30 heavy (non-hydrogen) atoms. The summed E-state index contributed by atoms with van der Waals surface area (Å²) in [7, 11) is 3.27. The molecule has 2 aromatic carbocycles. The van der Waals surface area contributed by atoms with Gasteiger partial charge in [-0.3, -0.25) is 0 Å². The Morgan fingerprint density at radius 1 is 0.900 bits per heavy atom. The highest BCUT2D eigenvalue weighted by atomic mass is 16.5. The highest BCUT2D eigenvalue weighted by molar-refractivity contribution is 5.89. The first-order chi connectivity index (χ1) is 14.8. The van der Waals surface area contributed by atoms with E-state index < -0.39 is 0 Å². The molecule has 0 atom stereocenters. The van der Waals surface area contributed by atoms with Gasteiger partial charge in [-0.2, -0.15) is 4.98 Å². The van der Waals surface area contributed by atoms with Gasteiger partial charge in [-0.05, 0) is 48.4 Å². The average Bonchev–Trinajstić information content (AvgIpc) is 3.31. The SMILES string of the molecule is COc1ccc(CCNc2nc(NCc3ccco3)c3ccccc3n2)cc1OC. The summed E-state index contributed by atoms with van der Waals surface area (Å²) in [6, 6.07) is 17.7. The number of nitrogens with one attached hydrogen (secondary N) is 2. The number of nitrogens with zero attached hydrogens (tertiary/aromatic N) is 2. The van der Waals surface area contributed by atoms with Crippen molar-refractivity contribution in [2.45, 2.75) is 13.0 Å². The lowest BCUT2D eigenvalue weighted by molar-refractivity contribution is 0.354. The van der Waals surface area contributed by atoms with E-state index in [1.165, 1.54) is 0 Å². The second-order valence-corrected chi connectivity index (χ2v) is 6.71. The number of ether oxygens (including phenoxy) is 2. The minimum Gasteiger partial charge on any atom is -0.493 e. The summed E-state index contributed by atoms with van der Waals surface area (Å²) >= 11 is 0. The van der Waals surface area contributed by atoms with Gasteiger partial charge in [-0.25, -0.2) is 4.98 Å². The molecular formula is C23H24N4O3. The summed E-state index contributed by atoms with van der Waals surface area (Å²) in [6.07, 6.45) is 2.46. The number of aromatic nitrogens is 2. The number of fused-ring (bicyclic) bond motifs is 1. The molecule has 0 saturated heterocycles. The van der Waals surface area contributed by atoms with E-state index in [9.17, 15) is 0 Å². The van der Waals surface area contributed by atoms with Crippen molar-refractivity contribution in [3.8, 4) is 11.5 Å². The number of hydrogen-bond donors (Lipinski definition) is 2. The van der Waals surface area contributed by atoms with Gasteiger partial charge in [-0.1, -0.05) is 18.2 Å². The van der Waals surface area contributed by atoms with E-state index in [1.807, 2.05) is 54.6 Å². The zero-order valence-electron chi connectivity index (χ0n) is 17.0. The third-order valence-corrected chi connectivity index (χ3v) is 4.76. The molecule has 2 N–H and O–H groups in total. The smallest absolute Gasteiger partial charge is 0.225 e. The fourth-order valence-corrected chi connectivity index (χ4v) is 3.23. The van der Waals surface area contributed by atoms with Crippen molar-refractivity contribution in [2.24, 2.45) is 0 Å². The third-order valence-electron chi connectivity index (χ3n) is 4.76.